The highest BCUT2D eigenvalue weighted by Gasteiger charge is 2.33. The summed E-state index contributed by atoms with van der Waals surface area (Å²) in [5.74, 6) is -0.0313. The van der Waals surface area contributed by atoms with Crippen LogP contribution in [0.2, 0.25) is 0 Å². The van der Waals surface area contributed by atoms with Crippen LogP contribution >= 0.6 is 0 Å². The van der Waals surface area contributed by atoms with E-state index in [0.29, 0.717) is 44.9 Å². The van der Waals surface area contributed by atoms with Crippen molar-refractivity contribution in [3.63, 3.8) is 0 Å². The third-order valence-corrected chi connectivity index (χ3v) is 7.21. The maximum Gasteiger partial charge on any atom is 0.257 e. The van der Waals surface area contributed by atoms with Gasteiger partial charge >= 0.3 is 0 Å². The van der Waals surface area contributed by atoms with Crippen LogP contribution in [0.25, 0.3) is 0 Å². The molecule has 1 aromatic carbocycles. The largest absolute Gasteiger partial charge is 0.491 e. The average molecular weight is 512 g/mol. The number of rotatable bonds is 4. The average Bonchev–Trinajstić information content (AvgIpc) is 2.82. The standard InChI is InChI=1S/C24H37N3O7S/c1-16-13-27(23(28)18-8-10-33-11-9-18)17(2)15-34-21-7-6-19(25-35(5,30)31)12-20(21)24(29)26(3)14-22(16)32-4/h6-7,12,16-18,22,25H,8-11,13-15H2,1-5H3/t16-,17-,22-/m0/s1. The molecule has 3 rings (SSSR count). The van der Waals surface area contributed by atoms with E-state index in [0.717, 1.165) is 6.26 Å². The molecule has 1 saturated heterocycles. The molecule has 2 aliphatic heterocycles. The number of nitrogens with zero attached hydrogens (tertiary/aromatic N) is 2. The van der Waals surface area contributed by atoms with Crippen LogP contribution in [0.5, 0.6) is 5.75 Å². The summed E-state index contributed by atoms with van der Waals surface area (Å²) in [6, 6.07) is 4.35. The third-order valence-electron chi connectivity index (χ3n) is 6.60. The number of hydrogen-bond donors (Lipinski definition) is 1. The lowest BCUT2D eigenvalue weighted by molar-refractivity contribution is -0.142. The van der Waals surface area contributed by atoms with Crippen LogP contribution in [-0.4, -0.2) is 95.5 Å². The summed E-state index contributed by atoms with van der Waals surface area (Å²) in [6.45, 7) is 6.06. The fraction of sp³-hybridized carbons (Fsp3) is 0.667. The van der Waals surface area contributed by atoms with Crippen molar-refractivity contribution in [2.45, 2.75) is 38.8 Å². The zero-order chi connectivity index (χ0) is 25.8. The monoisotopic (exact) mass is 511 g/mol. The molecule has 0 radical (unpaired) electrons. The van der Waals surface area contributed by atoms with Crippen LogP contribution in [0.15, 0.2) is 18.2 Å². The molecule has 1 aromatic rings. The van der Waals surface area contributed by atoms with Crippen molar-refractivity contribution in [2.24, 2.45) is 11.8 Å². The topological polar surface area (TPSA) is 114 Å². The normalized spacial score (nSPS) is 25.2. The fourth-order valence-electron chi connectivity index (χ4n) is 4.54. The van der Waals surface area contributed by atoms with Gasteiger partial charge in [0.25, 0.3) is 5.91 Å². The van der Waals surface area contributed by atoms with Crippen molar-refractivity contribution in [3.8, 4) is 5.75 Å². The van der Waals surface area contributed by atoms with E-state index in [1.54, 1.807) is 26.3 Å². The molecule has 1 fully saturated rings. The number of sulfonamides is 1. The number of fused-ring (bicyclic) bond motifs is 1. The Morgan fingerprint density at radius 3 is 2.49 bits per heavy atom. The Morgan fingerprint density at radius 2 is 1.86 bits per heavy atom. The highest BCUT2D eigenvalue weighted by atomic mass is 32.2. The maximum atomic E-state index is 13.5. The molecule has 0 unspecified atom stereocenters. The number of likely N-dealkylation sites (N-methyl/N-ethyl adjacent to an activating group) is 1. The van der Waals surface area contributed by atoms with Gasteiger partial charge in [-0.1, -0.05) is 6.92 Å². The molecule has 2 heterocycles. The van der Waals surface area contributed by atoms with Gasteiger partial charge in [-0.05, 0) is 38.0 Å². The number of methoxy groups -OCH3 is 1. The predicted molar refractivity (Wildman–Crippen MR) is 132 cm³/mol. The van der Waals surface area contributed by atoms with Crippen LogP contribution < -0.4 is 9.46 Å². The lowest BCUT2D eigenvalue weighted by Crippen LogP contribution is -2.50. The molecule has 0 saturated carbocycles. The maximum absolute atomic E-state index is 13.5. The second-order valence-electron chi connectivity index (χ2n) is 9.56. The van der Waals surface area contributed by atoms with Crippen molar-refractivity contribution in [1.82, 2.24) is 9.80 Å². The van der Waals surface area contributed by atoms with Gasteiger partial charge in [0.1, 0.15) is 12.4 Å². The zero-order valence-corrected chi connectivity index (χ0v) is 22.0. The summed E-state index contributed by atoms with van der Waals surface area (Å²) in [5.41, 5.74) is 0.503. The number of ether oxygens (including phenoxy) is 3. The molecule has 0 spiro atoms. The number of benzene rings is 1. The Hall–Kier alpha value is -2.37. The van der Waals surface area contributed by atoms with Crippen molar-refractivity contribution in [2.75, 3.05) is 58.0 Å². The molecule has 0 bridgehead atoms. The van der Waals surface area contributed by atoms with E-state index in [1.165, 1.54) is 11.0 Å². The Bertz CT molecular complexity index is 1010. The second kappa shape index (κ2) is 11.6. The molecule has 11 heteroatoms. The van der Waals surface area contributed by atoms with Gasteiger partial charge < -0.3 is 24.0 Å². The lowest BCUT2D eigenvalue weighted by Gasteiger charge is -2.38. The number of amides is 2. The van der Waals surface area contributed by atoms with Crippen molar-refractivity contribution in [3.05, 3.63) is 23.8 Å². The molecule has 0 aliphatic carbocycles. The van der Waals surface area contributed by atoms with Gasteiger partial charge in [-0.15, -0.1) is 0 Å². The predicted octanol–water partition coefficient (Wildman–Crippen LogP) is 1.82. The van der Waals surface area contributed by atoms with Crippen LogP contribution in [0.4, 0.5) is 5.69 Å². The number of anilines is 1. The van der Waals surface area contributed by atoms with Crippen molar-refractivity contribution >= 4 is 27.5 Å². The fourth-order valence-corrected chi connectivity index (χ4v) is 5.10. The summed E-state index contributed by atoms with van der Waals surface area (Å²) < 4.78 is 43.1. The van der Waals surface area contributed by atoms with Crippen LogP contribution in [0.1, 0.15) is 37.0 Å². The molecular formula is C24H37N3O7S. The van der Waals surface area contributed by atoms with Crippen molar-refractivity contribution in [1.29, 1.82) is 0 Å². The molecule has 10 nitrogen and oxygen atoms in total. The van der Waals surface area contributed by atoms with Gasteiger partial charge in [0.2, 0.25) is 15.9 Å². The van der Waals surface area contributed by atoms with Crippen LogP contribution in [0, 0.1) is 11.8 Å². The molecule has 196 valence electrons. The van der Waals surface area contributed by atoms with Gasteiger partial charge in [0.05, 0.1) is 24.0 Å². The summed E-state index contributed by atoms with van der Waals surface area (Å²) in [4.78, 5) is 30.2. The van der Waals surface area contributed by atoms with E-state index < -0.39 is 10.0 Å². The van der Waals surface area contributed by atoms with E-state index >= 15 is 0 Å². The van der Waals surface area contributed by atoms with Gasteiger partial charge in [-0.2, -0.15) is 0 Å². The summed E-state index contributed by atoms with van der Waals surface area (Å²) >= 11 is 0. The van der Waals surface area contributed by atoms with E-state index in [2.05, 4.69) is 4.72 Å². The quantitative estimate of drug-likeness (QED) is 0.656. The van der Waals surface area contributed by atoms with Crippen LogP contribution in [-0.2, 0) is 24.3 Å². The first-order valence-electron chi connectivity index (χ1n) is 11.9. The first-order chi connectivity index (χ1) is 16.5. The number of carbonyl (C=O) groups is 2. The smallest absolute Gasteiger partial charge is 0.257 e. The number of hydrogen-bond acceptors (Lipinski definition) is 7. The zero-order valence-electron chi connectivity index (χ0n) is 21.2. The summed E-state index contributed by atoms with van der Waals surface area (Å²) in [7, 11) is -0.251. The first-order valence-corrected chi connectivity index (χ1v) is 13.8. The molecule has 0 aromatic heterocycles. The SMILES string of the molecule is CO[C@H]1CN(C)C(=O)c2cc(NS(C)(=O)=O)ccc2OC[C@H](C)N(C(=O)C2CCOCC2)C[C@@H]1C. The second-order valence-corrected chi connectivity index (χ2v) is 11.3. The summed E-state index contributed by atoms with van der Waals surface area (Å²) in [5, 5.41) is 0. The summed E-state index contributed by atoms with van der Waals surface area (Å²) in [6.07, 6.45) is 2.14. The van der Waals surface area contributed by atoms with Gasteiger partial charge in [0, 0.05) is 58.0 Å². The minimum absolute atomic E-state index is 0.0429. The van der Waals surface area contributed by atoms with E-state index in [1.807, 2.05) is 18.7 Å². The molecule has 2 amide bonds. The van der Waals surface area contributed by atoms with E-state index in [9.17, 15) is 18.0 Å². The highest BCUT2D eigenvalue weighted by Crippen LogP contribution is 2.28. The Kier molecular flexibility index (Phi) is 9.00. The Morgan fingerprint density at radius 1 is 1.17 bits per heavy atom. The van der Waals surface area contributed by atoms with Gasteiger partial charge in [0.15, 0.2) is 0 Å². The van der Waals surface area contributed by atoms with E-state index in [4.69, 9.17) is 14.2 Å². The first kappa shape index (κ1) is 27.2. The Labute approximate surface area is 207 Å². The van der Waals surface area contributed by atoms with Crippen LogP contribution in [0.3, 0.4) is 0 Å². The van der Waals surface area contributed by atoms with E-state index in [-0.39, 0.29) is 53.7 Å². The molecule has 2 aliphatic rings. The van der Waals surface area contributed by atoms with Crippen molar-refractivity contribution < 1.29 is 32.2 Å². The van der Waals surface area contributed by atoms with Gasteiger partial charge in [-0.3, -0.25) is 14.3 Å². The molecule has 35 heavy (non-hydrogen) atoms. The highest BCUT2D eigenvalue weighted by molar-refractivity contribution is 7.92. The number of carbonyl (C=O) groups excluding carboxylic acids is 2. The van der Waals surface area contributed by atoms with Gasteiger partial charge in [-0.25, -0.2) is 8.42 Å². The number of nitrogens with one attached hydrogen (secondary N) is 1. The minimum atomic E-state index is -3.52. The molecule has 1 N–H and O–H groups in total. The molecular weight excluding hydrogens is 474 g/mol. The Balaban J connectivity index is 1.95. The minimum Gasteiger partial charge on any atom is -0.491 e. The third kappa shape index (κ3) is 7.08. The molecule has 3 atom stereocenters. The lowest BCUT2D eigenvalue weighted by atomic mass is 9.95.